The van der Waals surface area contributed by atoms with Crippen LogP contribution in [0.1, 0.15) is 50.8 Å². The average molecular weight is 567 g/mol. The summed E-state index contributed by atoms with van der Waals surface area (Å²) >= 11 is 5.86. The Morgan fingerprint density at radius 3 is 2.34 bits per heavy atom. The van der Waals surface area contributed by atoms with Gasteiger partial charge in [-0.2, -0.15) is 0 Å². The molecule has 1 aromatic carbocycles. The molecule has 38 heavy (non-hydrogen) atoms. The fourth-order valence-electron chi connectivity index (χ4n) is 3.56. The SMILES string of the molecule is CC.CC.COc1ncc(Cl)cc1S(=O)(=O)Nc1ccc(F)c(-c2ccc3c(C(C)=O)ncn3c2C)c1F. The Morgan fingerprint density at radius 1 is 1.08 bits per heavy atom. The predicted molar refractivity (Wildman–Crippen MR) is 145 cm³/mol. The normalized spacial score (nSPS) is 10.7. The summed E-state index contributed by atoms with van der Waals surface area (Å²) in [5, 5.41) is 0.0237. The van der Waals surface area contributed by atoms with Gasteiger partial charge in [0.2, 0.25) is 5.88 Å². The summed E-state index contributed by atoms with van der Waals surface area (Å²) in [7, 11) is -3.18. The Balaban J connectivity index is 0.00000121. The maximum atomic E-state index is 15.5. The summed E-state index contributed by atoms with van der Waals surface area (Å²) in [4.78, 5) is 19.2. The summed E-state index contributed by atoms with van der Waals surface area (Å²) in [5.41, 5.74) is 0.309. The van der Waals surface area contributed by atoms with Crippen molar-refractivity contribution in [3.63, 3.8) is 0 Å². The van der Waals surface area contributed by atoms with E-state index in [9.17, 15) is 17.6 Å². The monoisotopic (exact) mass is 566 g/mol. The molecule has 0 unspecified atom stereocenters. The molecule has 0 saturated carbocycles. The van der Waals surface area contributed by atoms with Gasteiger partial charge < -0.3 is 9.14 Å². The number of hydrogen-bond donors (Lipinski definition) is 1. The van der Waals surface area contributed by atoms with Gasteiger partial charge in [0.15, 0.2) is 16.5 Å². The van der Waals surface area contributed by atoms with Crippen LogP contribution in [0.15, 0.2) is 47.8 Å². The molecule has 0 spiro atoms. The minimum atomic E-state index is -4.40. The lowest BCUT2D eigenvalue weighted by atomic mass is 10.0. The molecular weight excluding hydrogens is 538 g/mol. The number of fused-ring (bicyclic) bond motifs is 1. The molecule has 0 saturated heterocycles. The molecule has 12 heteroatoms. The minimum Gasteiger partial charge on any atom is -0.480 e. The Bertz CT molecular complexity index is 1570. The van der Waals surface area contributed by atoms with Gasteiger partial charge in [0.1, 0.15) is 17.8 Å². The van der Waals surface area contributed by atoms with Crippen molar-refractivity contribution in [2.24, 2.45) is 0 Å². The Kier molecular flexibility index (Phi) is 10.3. The number of ketones is 1. The molecule has 4 aromatic rings. The lowest BCUT2D eigenvalue weighted by molar-refractivity contribution is 0.101. The highest BCUT2D eigenvalue weighted by Crippen LogP contribution is 2.35. The van der Waals surface area contributed by atoms with Crippen molar-refractivity contribution in [3.05, 3.63) is 70.9 Å². The molecule has 1 N–H and O–H groups in total. The Hall–Kier alpha value is -3.57. The van der Waals surface area contributed by atoms with Crippen LogP contribution in [0.5, 0.6) is 5.88 Å². The molecule has 3 aromatic heterocycles. The van der Waals surface area contributed by atoms with E-state index in [4.69, 9.17) is 16.3 Å². The van der Waals surface area contributed by atoms with Crippen LogP contribution in [-0.2, 0) is 10.0 Å². The number of rotatable bonds is 6. The molecule has 0 fully saturated rings. The summed E-state index contributed by atoms with van der Waals surface area (Å²) in [6.07, 6.45) is 2.58. The quantitative estimate of drug-likeness (QED) is 0.260. The summed E-state index contributed by atoms with van der Waals surface area (Å²) < 4.78 is 64.8. The van der Waals surface area contributed by atoms with Gasteiger partial charge in [-0.05, 0) is 31.2 Å². The first-order valence-electron chi connectivity index (χ1n) is 11.7. The van der Waals surface area contributed by atoms with Crippen LogP contribution in [0, 0.1) is 18.6 Å². The Labute approximate surface area is 225 Å². The van der Waals surface area contributed by atoms with E-state index < -0.39 is 37.8 Å². The molecule has 204 valence electrons. The van der Waals surface area contributed by atoms with Crippen molar-refractivity contribution >= 4 is 38.6 Å². The number of methoxy groups -OCH3 is 1. The number of anilines is 1. The highest BCUT2D eigenvalue weighted by Gasteiger charge is 2.26. The fourth-order valence-corrected chi connectivity index (χ4v) is 4.99. The van der Waals surface area contributed by atoms with Crippen molar-refractivity contribution in [1.82, 2.24) is 14.4 Å². The zero-order valence-electron chi connectivity index (χ0n) is 22.1. The molecule has 0 aliphatic rings. The molecular formula is C26H29ClF2N4O4S. The smallest absolute Gasteiger partial charge is 0.267 e. The van der Waals surface area contributed by atoms with Crippen molar-refractivity contribution in [2.75, 3.05) is 11.8 Å². The first-order valence-corrected chi connectivity index (χ1v) is 13.6. The highest BCUT2D eigenvalue weighted by atomic mass is 35.5. The molecule has 0 aliphatic heterocycles. The molecule has 0 radical (unpaired) electrons. The van der Waals surface area contributed by atoms with Crippen LogP contribution in [0.4, 0.5) is 14.5 Å². The number of benzene rings is 1. The van der Waals surface area contributed by atoms with Crippen molar-refractivity contribution in [2.45, 2.75) is 46.4 Å². The lowest BCUT2D eigenvalue weighted by Gasteiger charge is -2.15. The predicted octanol–water partition coefficient (Wildman–Crippen LogP) is 6.70. The first-order chi connectivity index (χ1) is 18.0. The van der Waals surface area contributed by atoms with Crippen molar-refractivity contribution < 1.29 is 26.7 Å². The van der Waals surface area contributed by atoms with Crippen molar-refractivity contribution in [3.8, 4) is 17.0 Å². The standard InChI is InChI=1S/C22H17ClF2N4O4S.2C2H6/c1-11-14(4-7-17-21(12(2)30)27-10-29(11)17)19-15(24)5-6-16(20(19)25)28-34(31,32)18-8-13(23)9-26-22(18)33-3;2*1-2/h4-10,28H,1-3H3;2*1-2H3. The number of nitrogens with zero attached hydrogens (tertiary/aromatic N) is 3. The number of aromatic nitrogens is 3. The van der Waals surface area contributed by atoms with Crippen LogP contribution in [0.2, 0.25) is 5.02 Å². The van der Waals surface area contributed by atoms with E-state index in [0.29, 0.717) is 11.2 Å². The largest absolute Gasteiger partial charge is 0.480 e. The van der Waals surface area contributed by atoms with E-state index in [2.05, 4.69) is 14.7 Å². The second-order valence-electron chi connectivity index (χ2n) is 7.29. The van der Waals surface area contributed by atoms with Gasteiger partial charge in [-0.25, -0.2) is 27.2 Å². The van der Waals surface area contributed by atoms with Gasteiger partial charge in [-0.3, -0.25) is 9.52 Å². The third-order valence-corrected chi connectivity index (χ3v) is 6.74. The first kappa shape index (κ1) is 30.7. The number of halogens is 3. The Morgan fingerprint density at radius 2 is 1.74 bits per heavy atom. The van der Waals surface area contributed by atoms with Crippen molar-refractivity contribution in [1.29, 1.82) is 0 Å². The van der Waals surface area contributed by atoms with Crippen LogP contribution in [0.25, 0.3) is 16.6 Å². The zero-order valence-corrected chi connectivity index (χ0v) is 23.6. The van der Waals surface area contributed by atoms with Crippen LogP contribution < -0.4 is 9.46 Å². The van der Waals surface area contributed by atoms with E-state index in [1.807, 2.05) is 27.7 Å². The number of carbonyl (C=O) groups excluding carboxylic acids is 1. The number of carbonyl (C=O) groups is 1. The van der Waals surface area contributed by atoms with E-state index in [0.717, 1.165) is 18.2 Å². The number of pyridine rings is 2. The number of ether oxygens (including phenoxy) is 1. The minimum absolute atomic E-state index is 0.0237. The molecule has 0 bridgehead atoms. The lowest BCUT2D eigenvalue weighted by Crippen LogP contribution is -2.16. The van der Waals surface area contributed by atoms with E-state index in [1.165, 1.54) is 43.1 Å². The van der Waals surface area contributed by atoms with Crippen LogP contribution in [-0.4, -0.2) is 35.7 Å². The molecule has 8 nitrogen and oxygen atoms in total. The van der Waals surface area contributed by atoms with Gasteiger partial charge in [0.05, 0.1) is 28.9 Å². The highest BCUT2D eigenvalue weighted by molar-refractivity contribution is 7.92. The maximum Gasteiger partial charge on any atom is 0.267 e. The number of hydrogen-bond acceptors (Lipinski definition) is 6. The van der Waals surface area contributed by atoms with E-state index >= 15 is 4.39 Å². The molecule has 0 amide bonds. The third kappa shape index (κ3) is 5.94. The molecule has 0 aliphatic carbocycles. The number of Topliss-reactive ketones (excluding diaryl/α,β-unsaturated/α-hetero) is 1. The second kappa shape index (κ2) is 12.8. The van der Waals surface area contributed by atoms with Crippen LogP contribution >= 0.6 is 11.6 Å². The zero-order chi connectivity index (χ0) is 28.8. The number of nitrogens with one attached hydrogen (secondary N) is 1. The molecule has 4 rings (SSSR count). The van der Waals surface area contributed by atoms with Gasteiger partial charge in [0.25, 0.3) is 10.0 Å². The molecule has 3 heterocycles. The van der Waals surface area contributed by atoms with Gasteiger partial charge in [0, 0.05) is 24.4 Å². The number of aryl methyl sites for hydroxylation is 1. The topological polar surface area (TPSA) is 103 Å². The number of imidazole rings is 1. The second-order valence-corrected chi connectivity index (χ2v) is 9.37. The van der Waals surface area contributed by atoms with E-state index in [-0.39, 0.29) is 27.9 Å². The van der Waals surface area contributed by atoms with E-state index in [1.54, 1.807) is 6.92 Å². The maximum absolute atomic E-state index is 15.5. The summed E-state index contributed by atoms with van der Waals surface area (Å²) in [6.45, 7) is 11.0. The average Bonchev–Trinajstić information content (AvgIpc) is 3.35. The summed E-state index contributed by atoms with van der Waals surface area (Å²) in [6, 6.07) is 5.98. The van der Waals surface area contributed by atoms with Gasteiger partial charge in [-0.1, -0.05) is 45.4 Å². The van der Waals surface area contributed by atoms with Gasteiger partial charge >= 0.3 is 0 Å². The van der Waals surface area contributed by atoms with Gasteiger partial charge in [-0.15, -0.1) is 0 Å². The number of sulfonamides is 1. The fraction of sp³-hybridized carbons (Fsp3) is 0.269. The molecule has 0 atom stereocenters. The summed E-state index contributed by atoms with van der Waals surface area (Å²) in [5.74, 6) is -2.54. The van der Waals surface area contributed by atoms with Crippen LogP contribution in [0.3, 0.4) is 0 Å². The third-order valence-electron chi connectivity index (χ3n) is 5.17.